The number of nitrogens with zero attached hydrogens (tertiary/aromatic N) is 1. The van der Waals surface area contributed by atoms with Gasteiger partial charge in [-0.05, 0) is 178 Å². The van der Waals surface area contributed by atoms with E-state index in [-0.39, 0.29) is 5.41 Å². The number of hydrogen-bond acceptors (Lipinski definition) is 1. The van der Waals surface area contributed by atoms with Crippen LogP contribution in [0.15, 0.2) is 158 Å². The van der Waals surface area contributed by atoms with E-state index in [1.165, 1.54) is 175 Å². The summed E-state index contributed by atoms with van der Waals surface area (Å²) >= 11 is 0. The van der Waals surface area contributed by atoms with Gasteiger partial charge in [-0.15, -0.1) is 0 Å². The van der Waals surface area contributed by atoms with Crippen LogP contribution >= 0.6 is 0 Å². The molecule has 0 amide bonds. The van der Waals surface area contributed by atoms with Gasteiger partial charge in [0, 0.05) is 22.5 Å². The van der Waals surface area contributed by atoms with Crippen molar-refractivity contribution in [3.8, 4) is 44.5 Å². The Morgan fingerprint density at radius 2 is 0.750 bits per heavy atom. The summed E-state index contributed by atoms with van der Waals surface area (Å²) in [5.74, 6) is 2.15. The van der Waals surface area contributed by atoms with Crippen LogP contribution in [-0.2, 0) is 5.41 Å². The molecule has 0 N–H and O–H groups in total. The van der Waals surface area contributed by atoms with E-state index < -0.39 is 0 Å². The lowest BCUT2D eigenvalue weighted by atomic mass is 9.71. The molecule has 0 aliphatic heterocycles. The van der Waals surface area contributed by atoms with Crippen LogP contribution in [0.1, 0.15) is 181 Å². The summed E-state index contributed by atoms with van der Waals surface area (Å²) in [5.41, 5.74) is 22.0. The van der Waals surface area contributed by atoms with Crippen LogP contribution in [0.25, 0.3) is 44.5 Å². The van der Waals surface area contributed by atoms with Crippen LogP contribution in [0.5, 0.6) is 0 Å². The zero-order chi connectivity index (χ0) is 45.9. The first kappa shape index (κ1) is 44.8. The van der Waals surface area contributed by atoms with Crippen molar-refractivity contribution in [3.05, 3.63) is 186 Å². The number of rotatable bonds is 13. The maximum Gasteiger partial charge on any atom is 0.0465 e. The molecule has 0 heterocycles. The molecule has 0 unspecified atom stereocenters. The lowest BCUT2D eigenvalue weighted by Crippen LogP contribution is -2.25. The third-order valence-electron chi connectivity index (χ3n) is 17.1. The monoisotopic (exact) mass is 892 g/mol. The SMILES string of the molecule is CCCC1(CCC)c2ccccc2-c2ccc(N(c3ccc(-c4ccc(-c5cc(C6CCCCC6)cc(C6CCCCC6)c5)cc4)cc3)c3ccc(-c4ccc(C5CCCCC5)cc4)cc3)cc21. The molecule has 0 atom stereocenters. The zero-order valence-electron chi connectivity index (χ0n) is 41.1. The molecule has 1 heteroatoms. The molecule has 4 aliphatic rings. The lowest BCUT2D eigenvalue weighted by Gasteiger charge is -2.33. The van der Waals surface area contributed by atoms with Gasteiger partial charge >= 0.3 is 0 Å². The molecule has 68 heavy (non-hydrogen) atoms. The second-order valence-electron chi connectivity index (χ2n) is 21.4. The minimum Gasteiger partial charge on any atom is -0.310 e. The summed E-state index contributed by atoms with van der Waals surface area (Å²) in [4.78, 5) is 2.50. The molecule has 7 aromatic carbocycles. The van der Waals surface area contributed by atoms with E-state index in [2.05, 4.69) is 176 Å². The number of anilines is 3. The van der Waals surface area contributed by atoms with Crippen molar-refractivity contribution in [1.29, 1.82) is 0 Å². The average Bonchev–Trinajstić information content (AvgIpc) is 3.68. The van der Waals surface area contributed by atoms with Crippen molar-refractivity contribution in [1.82, 2.24) is 0 Å². The van der Waals surface area contributed by atoms with Crippen LogP contribution in [-0.4, -0.2) is 0 Å². The summed E-state index contributed by atoms with van der Waals surface area (Å²) in [6.45, 7) is 4.72. The van der Waals surface area contributed by atoms with Crippen molar-refractivity contribution in [2.24, 2.45) is 0 Å². The Kier molecular flexibility index (Phi) is 13.3. The van der Waals surface area contributed by atoms with E-state index in [4.69, 9.17) is 0 Å². The number of hydrogen-bond donors (Lipinski definition) is 0. The van der Waals surface area contributed by atoms with Crippen molar-refractivity contribution in [2.45, 2.75) is 159 Å². The Morgan fingerprint density at radius 1 is 0.353 bits per heavy atom. The van der Waals surface area contributed by atoms with Crippen molar-refractivity contribution >= 4 is 17.1 Å². The van der Waals surface area contributed by atoms with Gasteiger partial charge in [-0.2, -0.15) is 0 Å². The molecule has 0 aromatic heterocycles. The van der Waals surface area contributed by atoms with E-state index >= 15 is 0 Å². The molecule has 3 fully saturated rings. The molecule has 4 aliphatic carbocycles. The number of fused-ring (bicyclic) bond motifs is 3. The van der Waals surface area contributed by atoms with Crippen LogP contribution in [0.4, 0.5) is 17.1 Å². The van der Waals surface area contributed by atoms with Crippen LogP contribution in [0.3, 0.4) is 0 Å². The van der Waals surface area contributed by atoms with Gasteiger partial charge in [-0.25, -0.2) is 0 Å². The van der Waals surface area contributed by atoms with Crippen molar-refractivity contribution in [3.63, 3.8) is 0 Å². The fourth-order valence-electron chi connectivity index (χ4n) is 13.6. The fraction of sp³-hybridized carbons (Fsp3) is 0.373. The fourth-order valence-corrected chi connectivity index (χ4v) is 13.6. The highest BCUT2D eigenvalue weighted by atomic mass is 15.1. The quantitative estimate of drug-likeness (QED) is 0.111. The van der Waals surface area contributed by atoms with E-state index in [0.29, 0.717) is 11.8 Å². The molecule has 346 valence electrons. The van der Waals surface area contributed by atoms with Crippen LogP contribution < -0.4 is 4.90 Å². The van der Waals surface area contributed by atoms with Gasteiger partial charge < -0.3 is 4.90 Å². The Balaban J connectivity index is 0.925. The van der Waals surface area contributed by atoms with Gasteiger partial charge in [-0.1, -0.05) is 206 Å². The highest BCUT2D eigenvalue weighted by molar-refractivity contribution is 5.87. The van der Waals surface area contributed by atoms with E-state index in [1.807, 2.05) is 0 Å². The van der Waals surface area contributed by atoms with Gasteiger partial charge in [0.1, 0.15) is 0 Å². The molecular weight excluding hydrogens is 819 g/mol. The van der Waals surface area contributed by atoms with Crippen molar-refractivity contribution < 1.29 is 0 Å². The van der Waals surface area contributed by atoms with Crippen LogP contribution in [0, 0.1) is 0 Å². The predicted molar refractivity (Wildman–Crippen MR) is 291 cm³/mol. The topological polar surface area (TPSA) is 3.24 Å². The largest absolute Gasteiger partial charge is 0.310 e. The summed E-state index contributed by atoms with van der Waals surface area (Å²) in [6, 6.07) is 62.0. The van der Waals surface area contributed by atoms with Crippen LogP contribution in [0.2, 0.25) is 0 Å². The Morgan fingerprint density at radius 3 is 1.24 bits per heavy atom. The molecule has 11 rings (SSSR count). The first-order valence-corrected chi connectivity index (χ1v) is 27.2. The van der Waals surface area contributed by atoms with Gasteiger partial charge in [-0.3, -0.25) is 0 Å². The van der Waals surface area contributed by atoms with E-state index in [1.54, 1.807) is 11.1 Å². The maximum absolute atomic E-state index is 2.62. The molecule has 3 saturated carbocycles. The summed E-state index contributed by atoms with van der Waals surface area (Å²) in [7, 11) is 0. The smallest absolute Gasteiger partial charge is 0.0465 e. The third-order valence-corrected chi connectivity index (χ3v) is 17.1. The normalized spacial score (nSPS) is 17.4. The Hall–Kier alpha value is -5.66. The maximum atomic E-state index is 2.62. The number of benzene rings is 7. The van der Waals surface area contributed by atoms with Gasteiger partial charge in [0.25, 0.3) is 0 Å². The summed E-state index contributed by atoms with van der Waals surface area (Å²) in [5, 5.41) is 0. The highest BCUT2D eigenvalue weighted by Crippen LogP contribution is 2.55. The molecule has 0 spiro atoms. The zero-order valence-corrected chi connectivity index (χ0v) is 41.1. The van der Waals surface area contributed by atoms with Crippen molar-refractivity contribution in [2.75, 3.05) is 4.90 Å². The molecule has 0 bridgehead atoms. The third kappa shape index (κ3) is 8.92. The Labute approximate surface area is 409 Å². The first-order chi connectivity index (χ1) is 33.6. The highest BCUT2D eigenvalue weighted by Gasteiger charge is 2.42. The second kappa shape index (κ2) is 20.1. The van der Waals surface area contributed by atoms with Gasteiger partial charge in [0.15, 0.2) is 0 Å². The first-order valence-electron chi connectivity index (χ1n) is 27.2. The molecule has 7 aromatic rings. The summed E-state index contributed by atoms with van der Waals surface area (Å²) in [6.07, 6.45) is 25.1. The molecule has 0 radical (unpaired) electrons. The lowest BCUT2D eigenvalue weighted by molar-refractivity contribution is 0.435. The Bertz CT molecular complexity index is 2730. The summed E-state index contributed by atoms with van der Waals surface area (Å²) < 4.78 is 0. The molecular formula is C67H73N. The minimum atomic E-state index is 0.0232. The minimum absolute atomic E-state index is 0.0232. The van der Waals surface area contributed by atoms with E-state index in [0.717, 1.165) is 31.6 Å². The van der Waals surface area contributed by atoms with Gasteiger partial charge in [0.2, 0.25) is 0 Å². The average molecular weight is 892 g/mol. The predicted octanol–water partition coefficient (Wildman–Crippen LogP) is 20.2. The molecule has 1 nitrogen and oxygen atoms in total. The van der Waals surface area contributed by atoms with E-state index in [9.17, 15) is 0 Å². The van der Waals surface area contributed by atoms with Gasteiger partial charge in [0.05, 0.1) is 0 Å². The molecule has 0 saturated heterocycles. The second-order valence-corrected chi connectivity index (χ2v) is 21.4. The standard InChI is InChI=1S/C67H73N/c1-3-42-67(43-4-2)65-23-15-14-22-63(65)64-41-40-62(47-66(64)67)68(60-36-32-54(33-37-60)52-26-24-51(25-27-52)48-16-8-5-9-17-48)61-38-34-55(35-39-61)53-28-30-56(31-29-53)59-45-57(49-18-10-6-11-19-49)44-58(46-59)50-20-12-7-13-21-50/h14-15,22-41,44-50H,3-13,16-21,42-43H2,1-2H3.